The standard InChI is InChI=1S/C16H17NO/c1-12-4-2-3-5-16(12)18-11-13-6-7-14-9-17-10-15(14)8-13/h2-8,17H,9-11H2,1H3. The lowest BCUT2D eigenvalue weighted by molar-refractivity contribution is 0.304. The minimum atomic E-state index is 0.637. The number of rotatable bonds is 3. The summed E-state index contributed by atoms with van der Waals surface area (Å²) in [6, 6.07) is 14.7. The van der Waals surface area contributed by atoms with Crippen LogP contribution >= 0.6 is 0 Å². The van der Waals surface area contributed by atoms with E-state index in [1.807, 2.05) is 18.2 Å². The highest BCUT2D eigenvalue weighted by atomic mass is 16.5. The molecule has 0 spiro atoms. The molecule has 0 fully saturated rings. The Hall–Kier alpha value is -1.80. The van der Waals surface area contributed by atoms with Crippen LogP contribution in [0.1, 0.15) is 22.3 Å². The van der Waals surface area contributed by atoms with E-state index in [1.54, 1.807) is 0 Å². The van der Waals surface area contributed by atoms with Gasteiger partial charge in [0, 0.05) is 13.1 Å². The van der Waals surface area contributed by atoms with E-state index in [4.69, 9.17) is 4.74 Å². The van der Waals surface area contributed by atoms with Crippen molar-refractivity contribution in [3.05, 3.63) is 64.7 Å². The summed E-state index contributed by atoms with van der Waals surface area (Å²) in [4.78, 5) is 0. The normalized spacial score (nSPS) is 13.4. The fourth-order valence-corrected chi connectivity index (χ4v) is 2.32. The van der Waals surface area contributed by atoms with Crippen molar-refractivity contribution < 1.29 is 4.74 Å². The SMILES string of the molecule is Cc1ccccc1OCc1ccc2c(c1)CNC2. The Morgan fingerprint density at radius 3 is 2.78 bits per heavy atom. The highest BCUT2D eigenvalue weighted by Gasteiger charge is 2.10. The monoisotopic (exact) mass is 239 g/mol. The van der Waals surface area contributed by atoms with Crippen LogP contribution in [0.2, 0.25) is 0 Å². The van der Waals surface area contributed by atoms with Crippen LogP contribution in [-0.2, 0) is 19.7 Å². The van der Waals surface area contributed by atoms with Crippen molar-refractivity contribution in [3.8, 4) is 5.75 Å². The van der Waals surface area contributed by atoms with Gasteiger partial charge in [0.25, 0.3) is 0 Å². The average molecular weight is 239 g/mol. The highest BCUT2D eigenvalue weighted by molar-refractivity contribution is 5.35. The van der Waals surface area contributed by atoms with E-state index >= 15 is 0 Å². The van der Waals surface area contributed by atoms with Crippen molar-refractivity contribution in [1.82, 2.24) is 5.32 Å². The summed E-state index contributed by atoms with van der Waals surface area (Å²) in [5, 5.41) is 3.36. The van der Waals surface area contributed by atoms with E-state index in [-0.39, 0.29) is 0 Å². The lowest BCUT2D eigenvalue weighted by Crippen LogP contribution is -2.00. The molecule has 0 unspecified atom stereocenters. The molecule has 3 rings (SSSR count). The van der Waals surface area contributed by atoms with Crippen molar-refractivity contribution in [1.29, 1.82) is 0 Å². The fourth-order valence-electron chi connectivity index (χ4n) is 2.32. The molecule has 2 nitrogen and oxygen atoms in total. The summed E-state index contributed by atoms with van der Waals surface area (Å²) >= 11 is 0. The number of aryl methyl sites for hydroxylation is 1. The molecule has 0 saturated carbocycles. The van der Waals surface area contributed by atoms with Crippen LogP contribution in [0.3, 0.4) is 0 Å². The predicted molar refractivity (Wildman–Crippen MR) is 72.5 cm³/mol. The molecule has 2 aromatic rings. The van der Waals surface area contributed by atoms with Gasteiger partial charge in [-0.05, 0) is 35.2 Å². The van der Waals surface area contributed by atoms with Gasteiger partial charge in [0.15, 0.2) is 0 Å². The van der Waals surface area contributed by atoms with E-state index in [0.717, 1.165) is 18.8 Å². The number of para-hydroxylation sites is 1. The number of nitrogens with one attached hydrogen (secondary N) is 1. The van der Waals surface area contributed by atoms with Crippen LogP contribution in [0.25, 0.3) is 0 Å². The summed E-state index contributed by atoms with van der Waals surface area (Å²) in [6.07, 6.45) is 0. The molecule has 1 N–H and O–H groups in total. The van der Waals surface area contributed by atoms with Crippen molar-refractivity contribution in [2.24, 2.45) is 0 Å². The molecule has 0 aromatic heterocycles. The van der Waals surface area contributed by atoms with E-state index in [2.05, 4.69) is 36.5 Å². The molecule has 2 heteroatoms. The molecule has 0 bridgehead atoms. The maximum Gasteiger partial charge on any atom is 0.122 e. The first-order chi connectivity index (χ1) is 8.83. The Labute approximate surface area is 108 Å². The van der Waals surface area contributed by atoms with Gasteiger partial charge in [-0.25, -0.2) is 0 Å². The second-order valence-corrected chi connectivity index (χ2v) is 4.76. The minimum absolute atomic E-state index is 0.637. The van der Waals surface area contributed by atoms with Crippen LogP contribution in [0.5, 0.6) is 5.75 Å². The van der Waals surface area contributed by atoms with Crippen LogP contribution < -0.4 is 10.1 Å². The van der Waals surface area contributed by atoms with Gasteiger partial charge in [-0.1, -0.05) is 36.4 Å². The fraction of sp³-hybridized carbons (Fsp3) is 0.250. The number of fused-ring (bicyclic) bond motifs is 1. The number of hydrogen-bond donors (Lipinski definition) is 1. The first-order valence-corrected chi connectivity index (χ1v) is 6.33. The second kappa shape index (κ2) is 4.83. The lowest BCUT2D eigenvalue weighted by Gasteiger charge is -2.09. The Kier molecular flexibility index (Phi) is 3.03. The van der Waals surface area contributed by atoms with Crippen LogP contribution in [0.4, 0.5) is 0 Å². The van der Waals surface area contributed by atoms with Crippen LogP contribution in [0.15, 0.2) is 42.5 Å². The van der Waals surface area contributed by atoms with Crippen molar-refractivity contribution >= 4 is 0 Å². The van der Waals surface area contributed by atoms with Gasteiger partial charge < -0.3 is 10.1 Å². The Balaban J connectivity index is 1.72. The first kappa shape index (κ1) is 11.3. The first-order valence-electron chi connectivity index (χ1n) is 6.33. The second-order valence-electron chi connectivity index (χ2n) is 4.76. The molecule has 0 amide bonds. The average Bonchev–Trinajstić information content (AvgIpc) is 2.85. The zero-order valence-electron chi connectivity index (χ0n) is 10.6. The highest BCUT2D eigenvalue weighted by Crippen LogP contribution is 2.20. The maximum atomic E-state index is 5.86. The molecule has 0 radical (unpaired) electrons. The number of benzene rings is 2. The smallest absolute Gasteiger partial charge is 0.122 e. The summed E-state index contributed by atoms with van der Waals surface area (Å²) < 4.78 is 5.86. The van der Waals surface area contributed by atoms with E-state index in [0.29, 0.717) is 6.61 Å². The number of ether oxygens (including phenoxy) is 1. The Morgan fingerprint density at radius 1 is 1.06 bits per heavy atom. The third kappa shape index (κ3) is 2.24. The Morgan fingerprint density at radius 2 is 1.89 bits per heavy atom. The largest absolute Gasteiger partial charge is 0.489 e. The summed E-state index contributed by atoms with van der Waals surface area (Å²) in [6.45, 7) is 4.68. The molecule has 1 aliphatic rings. The molecule has 92 valence electrons. The van der Waals surface area contributed by atoms with E-state index in [1.165, 1.54) is 22.3 Å². The quantitative estimate of drug-likeness (QED) is 0.888. The third-order valence-corrected chi connectivity index (χ3v) is 3.39. The number of hydrogen-bond acceptors (Lipinski definition) is 2. The van der Waals surface area contributed by atoms with E-state index < -0.39 is 0 Å². The summed E-state index contributed by atoms with van der Waals surface area (Å²) in [5.41, 5.74) is 5.23. The van der Waals surface area contributed by atoms with Crippen molar-refractivity contribution in [3.63, 3.8) is 0 Å². The molecule has 1 heterocycles. The zero-order valence-corrected chi connectivity index (χ0v) is 10.6. The van der Waals surface area contributed by atoms with Crippen LogP contribution in [-0.4, -0.2) is 0 Å². The predicted octanol–water partition coefficient (Wildman–Crippen LogP) is 3.18. The molecule has 2 aromatic carbocycles. The van der Waals surface area contributed by atoms with Gasteiger partial charge in [-0.2, -0.15) is 0 Å². The molecule has 0 aliphatic carbocycles. The summed E-state index contributed by atoms with van der Waals surface area (Å²) in [5.74, 6) is 0.969. The molecule has 1 aliphatic heterocycles. The molecule has 0 saturated heterocycles. The molecular formula is C16H17NO. The van der Waals surface area contributed by atoms with Gasteiger partial charge in [0.2, 0.25) is 0 Å². The van der Waals surface area contributed by atoms with E-state index in [9.17, 15) is 0 Å². The minimum Gasteiger partial charge on any atom is -0.489 e. The molecule has 18 heavy (non-hydrogen) atoms. The van der Waals surface area contributed by atoms with Gasteiger partial charge in [-0.3, -0.25) is 0 Å². The van der Waals surface area contributed by atoms with Gasteiger partial charge >= 0.3 is 0 Å². The van der Waals surface area contributed by atoms with Gasteiger partial charge in [-0.15, -0.1) is 0 Å². The third-order valence-electron chi connectivity index (χ3n) is 3.39. The lowest BCUT2D eigenvalue weighted by atomic mass is 10.1. The van der Waals surface area contributed by atoms with Gasteiger partial charge in [0.1, 0.15) is 12.4 Å². The van der Waals surface area contributed by atoms with Gasteiger partial charge in [0.05, 0.1) is 0 Å². The van der Waals surface area contributed by atoms with Crippen molar-refractivity contribution in [2.45, 2.75) is 26.6 Å². The summed E-state index contributed by atoms with van der Waals surface area (Å²) in [7, 11) is 0. The Bertz CT molecular complexity index is 563. The molecule has 0 atom stereocenters. The van der Waals surface area contributed by atoms with Crippen molar-refractivity contribution in [2.75, 3.05) is 0 Å². The molecular weight excluding hydrogens is 222 g/mol. The zero-order chi connectivity index (χ0) is 12.4. The maximum absolute atomic E-state index is 5.86. The van der Waals surface area contributed by atoms with Crippen LogP contribution in [0, 0.1) is 6.92 Å². The topological polar surface area (TPSA) is 21.3 Å².